The summed E-state index contributed by atoms with van der Waals surface area (Å²) in [5.74, 6) is 0.445. The summed E-state index contributed by atoms with van der Waals surface area (Å²) in [6.45, 7) is 2.29. The third-order valence-electron chi connectivity index (χ3n) is 3.46. The van der Waals surface area contributed by atoms with Gasteiger partial charge in [0.2, 0.25) is 0 Å². The number of rotatable bonds is 7. The van der Waals surface area contributed by atoms with Crippen LogP contribution in [-0.4, -0.2) is 24.7 Å². The molecule has 0 N–H and O–H groups in total. The summed E-state index contributed by atoms with van der Waals surface area (Å²) in [4.78, 5) is 15.8. The van der Waals surface area contributed by atoms with Gasteiger partial charge in [-0.2, -0.15) is 0 Å². The van der Waals surface area contributed by atoms with Crippen molar-refractivity contribution in [1.29, 1.82) is 0 Å². The van der Waals surface area contributed by atoms with Crippen LogP contribution in [0.2, 0.25) is 0 Å². The Balaban J connectivity index is 1.81. The third-order valence-corrected chi connectivity index (χ3v) is 3.46. The van der Waals surface area contributed by atoms with E-state index < -0.39 is 0 Å². The predicted molar refractivity (Wildman–Crippen MR) is 90.2 cm³/mol. The molecule has 0 amide bonds. The van der Waals surface area contributed by atoms with Crippen LogP contribution in [0.15, 0.2) is 54.9 Å². The zero-order valence-electron chi connectivity index (χ0n) is 13.5. The number of esters is 1. The van der Waals surface area contributed by atoms with Crippen molar-refractivity contribution in [3.05, 3.63) is 66.0 Å². The first-order valence-electron chi connectivity index (χ1n) is 7.57. The maximum absolute atomic E-state index is 11.9. The molecule has 0 radical (unpaired) electrons. The van der Waals surface area contributed by atoms with E-state index >= 15 is 0 Å². The van der Waals surface area contributed by atoms with Gasteiger partial charge in [0, 0.05) is 18.5 Å². The van der Waals surface area contributed by atoms with Crippen LogP contribution in [0.25, 0.3) is 5.57 Å². The van der Waals surface area contributed by atoms with Crippen LogP contribution < -0.4 is 4.74 Å². The molecule has 0 spiro atoms. The summed E-state index contributed by atoms with van der Waals surface area (Å²) < 4.78 is 10.4. The second-order valence-corrected chi connectivity index (χ2v) is 5.19. The minimum atomic E-state index is -0.319. The molecule has 0 saturated carbocycles. The molecule has 120 valence electrons. The Morgan fingerprint density at radius 3 is 2.74 bits per heavy atom. The molecule has 0 atom stereocenters. The van der Waals surface area contributed by atoms with Gasteiger partial charge < -0.3 is 9.47 Å². The van der Waals surface area contributed by atoms with Gasteiger partial charge in [0.25, 0.3) is 0 Å². The Kier molecular flexibility index (Phi) is 6.36. The number of carbonyl (C=O) groups excluding carboxylic acids is 1. The van der Waals surface area contributed by atoms with Crippen LogP contribution in [0.4, 0.5) is 0 Å². The smallest absolute Gasteiger partial charge is 0.331 e. The van der Waals surface area contributed by atoms with Crippen molar-refractivity contribution in [2.24, 2.45) is 0 Å². The highest BCUT2D eigenvalue weighted by Gasteiger charge is 2.03. The van der Waals surface area contributed by atoms with Crippen LogP contribution in [-0.2, 0) is 16.0 Å². The predicted octanol–water partition coefficient (Wildman–Crippen LogP) is 3.67. The SMILES string of the molecule is COc1cccc(/C(C)=C/C(=O)OCCCc2ccncc2)c1. The lowest BCUT2D eigenvalue weighted by Gasteiger charge is -2.06. The van der Waals surface area contributed by atoms with E-state index in [2.05, 4.69) is 4.98 Å². The molecule has 0 aliphatic heterocycles. The van der Waals surface area contributed by atoms with Gasteiger partial charge in [0.15, 0.2) is 0 Å². The lowest BCUT2D eigenvalue weighted by molar-refractivity contribution is -0.137. The molecule has 2 aromatic rings. The van der Waals surface area contributed by atoms with Crippen molar-refractivity contribution in [2.75, 3.05) is 13.7 Å². The number of ether oxygens (including phenoxy) is 2. The van der Waals surface area contributed by atoms with Gasteiger partial charge in [-0.3, -0.25) is 4.98 Å². The standard InChI is InChI=1S/C19H21NO3/c1-15(17-6-3-7-18(14-17)22-2)13-19(21)23-12-4-5-16-8-10-20-11-9-16/h3,6-11,13-14H,4-5,12H2,1-2H3/b15-13+. The fourth-order valence-corrected chi connectivity index (χ4v) is 2.17. The molecule has 0 unspecified atom stereocenters. The highest BCUT2D eigenvalue weighted by atomic mass is 16.5. The lowest BCUT2D eigenvalue weighted by Crippen LogP contribution is -2.04. The molecular formula is C19H21NO3. The fourth-order valence-electron chi connectivity index (χ4n) is 2.17. The van der Waals surface area contributed by atoms with Crippen LogP contribution in [0.5, 0.6) is 5.75 Å². The molecule has 4 heteroatoms. The average molecular weight is 311 g/mol. The van der Waals surface area contributed by atoms with Gasteiger partial charge >= 0.3 is 5.97 Å². The first-order chi connectivity index (χ1) is 11.2. The Hall–Kier alpha value is -2.62. The average Bonchev–Trinajstić information content (AvgIpc) is 2.59. The maximum atomic E-state index is 11.9. The summed E-state index contributed by atoms with van der Waals surface area (Å²) >= 11 is 0. The van der Waals surface area contributed by atoms with E-state index in [1.165, 1.54) is 11.6 Å². The van der Waals surface area contributed by atoms with Crippen LogP contribution in [0.3, 0.4) is 0 Å². The minimum absolute atomic E-state index is 0.319. The van der Waals surface area contributed by atoms with Gasteiger partial charge in [-0.05, 0) is 60.7 Å². The molecule has 0 aliphatic rings. The number of aromatic nitrogens is 1. The second-order valence-electron chi connectivity index (χ2n) is 5.19. The van der Waals surface area contributed by atoms with Gasteiger partial charge in [0.05, 0.1) is 13.7 Å². The largest absolute Gasteiger partial charge is 0.497 e. The summed E-state index contributed by atoms with van der Waals surface area (Å²) in [5.41, 5.74) is 2.99. The van der Waals surface area contributed by atoms with E-state index in [9.17, 15) is 4.79 Å². The van der Waals surface area contributed by atoms with Gasteiger partial charge in [0.1, 0.15) is 5.75 Å². The summed E-state index contributed by atoms with van der Waals surface area (Å²) in [6.07, 6.45) is 6.71. The van der Waals surface area contributed by atoms with Gasteiger partial charge in [-0.25, -0.2) is 4.79 Å². The fraction of sp³-hybridized carbons (Fsp3) is 0.263. The first-order valence-corrected chi connectivity index (χ1v) is 7.57. The normalized spacial score (nSPS) is 11.1. The molecule has 0 bridgehead atoms. The van der Waals surface area contributed by atoms with Gasteiger partial charge in [-0.1, -0.05) is 12.1 Å². The van der Waals surface area contributed by atoms with Crippen molar-refractivity contribution in [3.63, 3.8) is 0 Å². The van der Waals surface area contributed by atoms with Crippen molar-refractivity contribution >= 4 is 11.5 Å². The van der Waals surface area contributed by atoms with E-state index in [1.807, 2.05) is 43.3 Å². The van der Waals surface area contributed by atoms with Crippen molar-refractivity contribution in [3.8, 4) is 5.75 Å². The molecule has 2 rings (SSSR count). The Morgan fingerprint density at radius 2 is 2.00 bits per heavy atom. The number of allylic oxidation sites excluding steroid dienone is 1. The van der Waals surface area contributed by atoms with Crippen molar-refractivity contribution < 1.29 is 14.3 Å². The van der Waals surface area contributed by atoms with E-state index in [-0.39, 0.29) is 5.97 Å². The number of nitrogens with zero attached hydrogens (tertiary/aromatic N) is 1. The molecule has 0 saturated heterocycles. The topological polar surface area (TPSA) is 48.4 Å². The van der Waals surface area contributed by atoms with E-state index in [1.54, 1.807) is 19.5 Å². The quantitative estimate of drug-likeness (QED) is 0.445. The molecule has 1 aromatic carbocycles. The third kappa shape index (κ3) is 5.58. The zero-order valence-corrected chi connectivity index (χ0v) is 13.5. The first kappa shape index (κ1) is 16.7. The van der Waals surface area contributed by atoms with Gasteiger partial charge in [-0.15, -0.1) is 0 Å². The van der Waals surface area contributed by atoms with Crippen LogP contribution in [0, 0.1) is 0 Å². The highest BCUT2D eigenvalue weighted by molar-refractivity contribution is 5.91. The maximum Gasteiger partial charge on any atom is 0.331 e. The number of pyridine rings is 1. The van der Waals surface area contributed by atoms with Crippen LogP contribution in [0.1, 0.15) is 24.5 Å². The zero-order chi connectivity index (χ0) is 16.5. The molecule has 0 fully saturated rings. The monoisotopic (exact) mass is 311 g/mol. The number of carbonyl (C=O) groups is 1. The molecule has 23 heavy (non-hydrogen) atoms. The highest BCUT2D eigenvalue weighted by Crippen LogP contribution is 2.19. The molecular weight excluding hydrogens is 290 g/mol. The molecule has 1 aromatic heterocycles. The summed E-state index contributed by atoms with van der Waals surface area (Å²) in [6, 6.07) is 11.5. The van der Waals surface area contributed by atoms with Crippen molar-refractivity contribution in [1.82, 2.24) is 4.98 Å². The second kappa shape index (κ2) is 8.73. The molecule has 1 heterocycles. The summed E-state index contributed by atoms with van der Waals surface area (Å²) in [7, 11) is 1.62. The van der Waals surface area contributed by atoms with Crippen LogP contribution >= 0.6 is 0 Å². The number of aryl methyl sites for hydroxylation is 1. The molecule has 0 aliphatic carbocycles. The number of benzene rings is 1. The van der Waals surface area contributed by atoms with E-state index in [0.29, 0.717) is 6.61 Å². The molecule has 4 nitrogen and oxygen atoms in total. The Bertz CT molecular complexity index is 665. The summed E-state index contributed by atoms with van der Waals surface area (Å²) in [5, 5.41) is 0. The van der Waals surface area contributed by atoms with E-state index in [4.69, 9.17) is 9.47 Å². The Labute approximate surface area is 136 Å². The Morgan fingerprint density at radius 1 is 1.22 bits per heavy atom. The van der Waals surface area contributed by atoms with Crippen molar-refractivity contribution in [2.45, 2.75) is 19.8 Å². The number of hydrogen-bond acceptors (Lipinski definition) is 4. The van der Waals surface area contributed by atoms with E-state index in [0.717, 1.165) is 29.7 Å². The lowest BCUT2D eigenvalue weighted by atomic mass is 10.1. The number of hydrogen-bond donors (Lipinski definition) is 0. The number of methoxy groups -OCH3 is 1. The minimum Gasteiger partial charge on any atom is -0.497 e.